The smallest absolute Gasteiger partial charge is 0.195 e. The lowest BCUT2D eigenvalue weighted by Gasteiger charge is -1.92. The van der Waals surface area contributed by atoms with Gasteiger partial charge in [0.15, 0.2) is 11.5 Å². The number of oxazole rings is 1. The summed E-state index contributed by atoms with van der Waals surface area (Å²) in [5, 5.41) is 0. The molecule has 68 valence electrons. The maximum absolute atomic E-state index is 12.8. The summed E-state index contributed by atoms with van der Waals surface area (Å²) in [5.41, 5.74) is 6.80. The topological polar surface area (TPSA) is 52.0 Å². The maximum atomic E-state index is 12.8. The van der Waals surface area contributed by atoms with E-state index >= 15 is 0 Å². The Bertz CT molecular complexity index is 450. The van der Waals surface area contributed by atoms with Crippen LogP contribution in [0.1, 0.15) is 12.8 Å². The van der Waals surface area contributed by atoms with Crippen LogP contribution in [0.15, 0.2) is 16.5 Å². The van der Waals surface area contributed by atoms with Crippen molar-refractivity contribution in [2.75, 3.05) is 5.73 Å². The number of halogens is 1. The van der Waals surface area contributed by atoms with Gasteiger partial charge in [-0.05, 0) is 0 Å². The van der Waals surface area contributed by atoms with Crippen LogP contribution in [0.25, 0.3) is 11.1 Å². The zero-order valence-electron chi connectivity index (χ0n) is 7.17. The van der Waals surface area contributed by atoms with Crippen molar-refractivity contribution in [1.82, 2.24) is 4.98 Å². The van der Waals surface area contributed by atoms with E-state index in [-0.39, 0.29) is 5.82 Å². The number of rotatable bonds is 1. The van der Waals surface area contributed by atoms with Crippen molar-refractivity contribution in [3.8, 4) is 0 Å². The number of anilines is 1. The molecule has 1 aromatic heterocycles. The summed E-state index contributed by atoms with van der Waals surface area (Å²) in [7, 11) is 0. The first-order chi connectivity index (χ1) is 6.20. The lowest BCUT2D eigenvalue weighted by atomic mass is 10.3. The van der Waals surface area contributed by atoms with Gasteiger partial charge in [-0.2, -0.15) is 0 Å². The van der Waals surface area contributed by atoms with Crippen molar-refractivity contribution in [3.05, 3.63) is 23.8 Å². The predicted molar refractivity (Wildman–Crippen MR) is 47.8 cm³/mol. The molecular formula is C9H9FN2O. The Labute approximate surface area is 74.4 Å². The van der Waals surface area contributed by atoms with E-state index < -0.39 is 0 Å². The third-order valence-electron chi connectivity index (χ3n) is 1.83. The number of fused-ring (bicyclic) bond motifs is 1. The molecule has 3 nitrogen and oxygen atoms in total. The number of nitrogens with two attached hydrogens (primary N) is 1. The molecule has 0 aliphatic rings. The first-order valence-electron chi connectivity index (χ1n) is 4.05. The molecule has 0 aliphatic carbocycles. The fraction of sp³-hybridized carbons (Fsp3) is 0.222. The largest absolute Gasteiger partial charge is 0.439 e. The molecule has 4 heteroatoms. The maximum Gasteiger partial charge on any atom is 0.195 e. The molecule has 0 amide bonds. The van der Waals surface area contributed by atoms with Gasteiger partial charge in [0, 0.05) is 18.6 Å². The summed E-state index contributed by atoms with van der Waals surface area (Å²) in [6.45, 7) is 1.91. The van der Waals surface area contributed by atoms with Crippen molar-refractivity contribution in [2.24, 2.45) is 0 Å². The summed E-state index contributed by atoms with van der Waals surface area (Å²) in [6.07, 6.45) is 0.676. The Morgan fingerprint density at radius 2 is 2.31 bits per heavy atom. The molecule has 0 atom stereocenters. The minimum atomic E-state index is -0.388. The van der Waals surface area contributed by atoms with Crippen LogP contribution in [-0.4, -0.2) is 4.98 Å². The van der Waals surface area contributed by atoms with Gasteiger partial charge in [0.2, 0.25) is 0 Å². The summed E-state index contributed by atoms with van der Waals surface area (Å²) < 4.78 is 18.1. The number of nitrogen functional groups attached to an aromatic ring is 1. The van der Waals surface area contributed by atoms with Crippen LogP contribution in [0.2, 0.25) is 0 Å². The van der Waals surface area contributed by atoms with E-state index in [1.54, 1.807) is 0 Å². The number of nitrogens with zero attached hydrogens (tertiary/aromatic N) is 1. The summed E-state index contributed by atoms with van der Waals surface area (Å²) in [6, 6.07) is 2.54. The zero-order chi connectivity index (χ0) is 9.42. The average molecular weight is 180 g/mol. The summed E-state index contributed by atoms with van der Waals surface area (Å²) >= 11 is 0. The van der Waals surface area contributed by atoms with Crippen molar-refractivity contribution in [2.45, 2.75) is 13.3 Å². The molecule has 0 radical (unpaired) electrons. The minimum absolute atomic E-state index is 0.294. The third-order valence-corrected chi connectivity index (χ3v) is 1.83. The van der Waals surface area contributed by atoms with E-state index in [9.17, 15) is 4.39 Å². The van der Waals surface area contributed by atoms with Gasteiger partial charge >= 0.3 is 0 Å². The van der Waals surface area contributed by atoms with Gasteiger partial charge in [0.25, 0.3) is 0 Å². The molecule has 0 unspecified atom stereocenters. The van der Waals surface area contributed by atoms with E-state index in [0.29, 0.717) is 29.1 Å². The van der Waals surface area contributed by atoms with Crippen LogP contribution >= 0.6 is 0 Å². The molecule has 0 saturated carbocycles. The molecule has 2 N–H and O–H groups in total. The van der Waals surface area contributed by atoms with Crippen LogP contribution in [0, 0.1) is 5.82 Å². The van der Waals surface area contributed by atoms with Gasteiger partial charge < -0.3 is 10.2 Å². The van der Waals surface area contributed by atoms with Crippen LogP contribution in [0.5, 0.6) is 0 Å². The fourth-order valence-electron chi connectivity index (χ4n) is 1.22. The summed E-state index contributed by atoms with van der Waals surface area (Å²) in [5.74, 6) is 0.188. The third kappa shape index (κ3) is 1.24. The second-order valence-corrected chi connectivity index (χ2v) is 2.80. The van der Waals surface area contributed by atoms with Gasteiger partial charge in [0.05, 0.1) is 5.69 Å². The molecule has 0 bridgehead atoms. The van der Waals surface area contributed by atoms with Crippen molar-refractivity contribution in [1.29, 1.82) is 0 Å². The standard InChI is InChI=1S/C9H9FN2O/c1-2-8-12-7-4-5(10)3-6(11)9(7)13-8/h3-4H,2,11H2,1H3. The highest BCUT2D eigenvalue weighted by Crippen LogP contribution is 2.23. The van der Waals surface area contributed by atoms with Gasteiger partial charge in [-0.1, -0.05) is 6.92 Å². The minimum Gasteiger partial charge on any atom is -0.439 e. The number of hydrogen-bond acceptors (Lipinski definition) is 3. The van der Waals surface area contributed by atoms with Gasteiger partial charge in [-0.15, -0.1) is 0 Å². The molecule has 13 heavy (non-hydrogen) atoms. The molecule has 1 heterocycles. The lowest BCUT2D eigenvalue weighted by molar-refractivity contribution is 0.538. The van der Waals surface area contributed by atoms with Crippen LogP contribution in [-0.2, 0) is 6.42 Å². The fourth-order valence-corrected chi connectivity index (χ4v) is 1.22. The van der Waals surface area contributed by atoms with Crippen LogP contribution in [0.4, 0.5) is 10.1 Å². The monoisotopic (exact) mass is 180 g/mol. The Morgan fingerprint density at radius 3 is 3.00 bits per heavy atom. The Kier molecular flexibility index (Phi) is 1.69. The second kappa shape index (κ2) is 2.73. The summed E-state index contributed by atoms with van der Waals surface area (Å²) in [4.78, 5) is 4.07. The predicted octanol–water partition coefficient (Wildman–Crippen LogP) is 2.11. The van der Waals surface area contributed by atoms with E-state index in [1.165, 1.54) is 12.1 Å². The van der Waals surface area contributed by atoms with Crippen LogP contribution < -0.4 is 5.73 Å². The Morgan fingerprint density at radius 1 is 1.54 bits per heavy atom. The normalized spacial score (nSPS) is 10.9. The Hall–Kier alpha value is -1.58. The Balaban J connectivity index is 2.75. The highest BCUT2D eigenvalue weighted by Gasteiger charge is 2.08. The van der Waals surface area contributed by atoms with E-state index in [2.05, 4.69) is 4.98 Å². The molecule has 0 saturated heterocycles. The molecule has 2 aromatic rings. The highest BCUT2D eigenvalue weighted by atomic mass is 19.1. The number of hydrogen-bond donors (Lipinski definition) is 1. The quantitative estimate of drug-likeness (QED) is 0.684. The van der Waals surface area contributed by atoms with Crippen molar-refractivity contribution >= 4 is 16.8 Å². The second-order valence-electron chi connectivity index (χ2n) is 2.80. The number of aryl methyl sites for hydroxylation is 1. The van der Waals surface area contributed by atoms with E-state index in [0.717, 1.165) is 0 Å². The van der Waals surface area contributed by atoms with Crippen LogP contribution in [0.3, 0.4) is 0 Å². The molecule has 0 fully saturated rings. The van der Waals surface area contributed by atoms with Crippen molar-refractivity contribution < 1.29 is 8.81 Å². The molecule has 1 aromatic carbocycles. The van der Waals surface area contributed by atoms with Crippen molar-refractivity contribution in [3.63, 3.8) is 0 Å². The molecular weight excluding hydrogens is 171 g/mol. The first kappa shape index (κ1) is 8.04. The van der Waals surface area contributed by atoms with Gasteiger partial charge in [-0.25, -0.2) is 9.37 Å². The number of aromatic nitrogens is 1. The van der Waals surface area contributed by atoms with Gasteiger partial charge in [0.1, 0.15) is 11.3 Å². The lowest BCUT2D eigenvalue weighted by Crippen LogP contribution is -1.86. The zero-order valence-corrected chi connectivity index (χ0v) is 7.17. The average Bonchev–Trinajstić information content (AvgIpc) is 2.47. The molecule has 0 spiro atoms. The van der Waals surface area contributed by atoms with E-state index in [4.69, 9.17) is 10.2 Å². The first-order valence-corrected chi connectivity index (χ1v) is 4.05. The van der Waals surface area contributed by atoms with Gasteiger partial charge in [-0.3, -0.25) is 0 Å². The number of benzene rings is 1. The molecule has 0 aliphatic heterocycles. The van der Waals surface area contributed by atoms with E-state index in [1.807, 2.05) is 6.92 Å². The SMILES string of the molecule is CCc1nc2cc(F)cc(N)c2o1. The molecule has 2 rings (SSSR count). The highest BCUT2D eigenvalue weighted by molar-refractivity contribution is 5.84.